The number of unbranched alkanes of at least 4 members (excludes halogenated alkanes) is 4. The number of esters is 2. The number of thioether (sulfide) groups is 1. The molecule has 0 fully saturated rings. The first-order valence-corrected chi connectivity index (χ1v) is 10.1. The maximum absolute atomic E-state index is 11.8. The summed E-state index contributed by atoms with van der Waals surface area (Å²) >= 11 is 1.37. The molecule has 0 aliphatic rings. The molecule has 0 aliphatic heterocycles. The van der Waals surface area contributed by atoms with Gasteiger partial charge in [-0.05, 0) is 6.42 Å². The first kappa shape index (κ1) is 24.7. The van der Waals surface area contributed by atoms with E-state index in [1.54, 1.807) is 0 Å². The minimum absolute atomic E-state index is 0.201. The third kappa shape index (κ3) is 12.1. The number of nitrogens with two attached hydrogens (primary N) is 1. The molecule has 2 atom stereocenters. The van der Waals surface area contributed by atoms with E-state index in [2.05, 4.69) is 17.0 Å². The normalized spacial score (nSPS) is 12.9. The molecule has 0 radical (unpaired) electrons. The Labute approximate surface area is 159 Å². The third-order valence-corrected chi connectivity index (χ3v) is 4.64. The lowest BCUT2D eigenvalue weighted by Gasteiger charge is -2.17. The van der Waals surface area contributed by atoms with E-state index in [1.165, 1.54) is 31.7 Å². The average Bonchev–Trinajstić information content (AvgIpc) is 2.64. The minimum Gasteiger partial charge on any atom is -0.467 e. The molecule has 0 aliphatic carbocycles. The van der Waals surface area contributed by atoms with Gasteiger partial charge in [0, 0.05) is 17.9 Å². The lowest BCUT2D eigenvalue weighted by Crippen LogP contribution is -2.51. The number of rotatable bonds is 15. The summed E-state index contributed by atoms with van der Waals surface area (Å²) in [6.07, 6.45) is 5.84. The van der Waals surface area contributed by atoms with Crippen LogP contribution in [0.25, 0.3) is 0 Å². The highest BCUT2D eigenvalue weighted by Gasteiger charge is 2.23. The van der Waals surface area contributed by atoms with Crippen molar-refractivity contribution in [3.05, 3.63) is 0 Å². The molecule has 0 bridgehead atoms. The van der Waals surface area contributed by atoms with Crippen LogP contribution in [-0.4, -0.2) is 66.9 Å². The fourth-order valence-electron chi connectivity index (χ4n) is 2.05. The van der Waals surface area contributed by atoms with Crippen LogP contribution in [-0.2, 0) is 23.9 Å². The average molecular weight is 393 g/mol. The monoisotopic (exact) mass is 392 g/mol. The molecule has 9 heteroatoms. The van der Waals surface area contributed by atoms with E-state index in [0.717, 1.165) is 19.3 Å². The Hall–Kier alpha value is -1.32. The molecule has 8 nitrogen and oxygen atoms in total. The van der Waals surface area contributed by atoms with Crippen molar-refractivity contribution < 1.29 is 29.0 Å². The first-order chi connectivity index (χ1) is 12.5. The smallest absolute Gasteiger partial charge is 0.330 e. The van der Waals surface area contributed by atoms with E-state index in [1.807, 2.05) is 0 Å². The third-order valence-electron chi connectivity index (χ3n) is 3.59. The number of methoxy groups -OCH3 is 1. The van der Waals surface area contributed by atoms with Crippen LogP contribution in [0.3, 0.4) is 0 Å². The number of carbonyl (C=O) groups is 3. The Balaban J connectivity index is 3.77. The molecule has 0 heterocycles. The van der Waals surface area contributed by atoms with Crippen LogP contribution in [0.1, 0.15) is 45.4 Å². The highest BCUT2D eigenvalue weighted by Crippen LogP contribution is 2.07. The van der Waals surface area contributed by atoms with Gasteiger partial charge in [-0.3, -0.25) is 9.59 Å². The molecule has 4 N–H and O–H groups in total. The van der Waals surface area contributed by atoms with Gasteiger partial charge < -0.3 is 25.6 Å². The zero-order valence-corrected chi connectivity index (χ0v) is 16.5. The molecule has 0 saturated carbocycles. The highest BCUT2D eigenvalue weighted by atomic mass is 32.2. The lowest BCUT2D eigenvalue weighted by atomic mass is 10.1. The summed E-state index contributed by atoms with van der Waals surface area (Å²) in [6.45, 7) is 1.85. The van der Waals surface area contributed by atoms with Gasteiger partial charge in [-0.25, -0.2) is 4.79 Å². The summed E-state index contributed by atoms with van der Waals surface area (Å²) < 4.78 is 9.58. The van der Waals surface area contributed by atoms with Gasteiger partial charge in [0.15, 0.2) is 6.04 Å². The van der Waals surface area contributed by atoms with Crippen molar-refractivity contribution in [2.45, 2.75) is 57.5 Å². The Morgan fingerprint density at radius 2 is 1.88 bits per heavy atom. The second kappa shape index (κ2) is 15.9. The Kier molecular flexibility index (Phi) is 15.1. The molecule has 26 heavy (non-hydrogen) atoms. The summed E-state index contributed by atoms with van der Waals surface area (Å²) in [5.41, 5.74) is 5.74. The van der Waals surface area contributed by atoms with Gasteiger partial charge in [-0.15, -0.1) is 0 Å². The van der Waals surface area contributed by atoms with Crippen LogP contribution in [0.5, 0.6) is 0 Å². The first-order valence-electron chi connectivity index (χ1n) is 8.94. The second-order valence-electron chi connectivity index (χ2n) is 5.83. The molecular weight excluding hydrogens is 360 g/mol. The number of aliphatic hydroxyl groups is 1. The molecule has 0 saturated heterocycles. The van der Waals surface area contributed by atoms with E-state index in [4.69, 9.17) is 15.6 Å². The maximum Gasteiger partial charge on any atom is 0.330 e. The molecule has 0 unspecified atom stereocenters. The number of hydrogen-bond acceptors (Lipinski definition) is 8. The van der Waals surface area contributed by atoms with Crippen molar-refractivity contribution in [1.29, 1.82) is 0 Å². The van der Waals surface area contributed by atoms with Crippen LogP contribution >= 0.6 is 11.8 Å². The summed E-state index contributed by atoms with van der Waals surface area (Å²) in [7, 11) is 1.17. The largest absolute Gasteiger partial charge is 0.467 e. The maximum atomic E-state index is 11.8. The summed E-state index contributed by atoms with van der Waals surface area (Å²) in [5, 5.41) is 11.4. The van der Waals surface area contributed by atoms with Crippen molar-refractivity contribution in [3.63, 3.8) is 0 Å². The number of ether oxygens (including phenoxy) is 2. The molecule has 152 valence electrons. The van der Waals surface area contributed by atoms with E-state index in [0.29, 0.717) is 17.9 Å². The lowest BCUT2D eigenvalue weighted by molar-refractivity contribution is -0.146. The van der Waals surface area contributed by atoms with Crippen molar-refractivity contribution in [3.8, 4) is 0 Å². The van der Waals surface area contributed by atoms with E-state index in [-0.39, 0.29) is 12.6 Å². The minimum atomic E-state index is -1.12. The van der Waals surface area contributed by atoms with Crippen LogP contribution < -0.4 is 11.1 Å². The van der Waals surface area contributed by atoms with Crippen LogP contribution in [0.4, 0.5) is 0 Å². The van der Waals surface area contributed by atoms with Crippen molar-refractivity contribution >= 4 is 29.6 Å². The molecule has 1 amide bonds. The van der Waals surface area contributed by atoms with Crippen molar-refractivity contribution in [2.24, 2.45) is 5.73 Å². The van der Waals surface area contributed by atoms with Gasteiger partial charge >= 0.3 is 11.9 Å². The molecule has 0 spiro atoms. The van der Waals surface area contributed by atoms with Crippen molar-refractivity contribution in [2.75, 3.05) is 31.8 Å². The fourth-order valence-corrected chi connectivity index (χ4v) is 2.82. The highest BCUT2D eigenvalue weighted by molar-refractivity contribution is 7.99. The van der Waals surface area contributed by atoms with Crippen LogP contribution in [0, 0.1) is 0 Å². The van der Waals surface area contributed by atoms with E-state index in [9.17, 15) is 14.4 Å². The molecule has 0 aromatic rings. The Bertz CT molecular complexity index is 422. The number of amides is 1. The quantitative estimate of drug-likeness (QED) is 0.273. The Morgan fingerprint density at radius 1 is 1.19 bits per heavy atom. The van der Waals surface area contributed by atoms with Gasteiger partial charge in [-0.2, -0.15) is 11.8 Å². The Morgan fingerprint density at radius 3 is 2.50 bits per heavy atom. The zero-order chi connectivity index (χ0) is 19.8. The topological polar surface area (TPSA) is 128 Å². The van der Waals surface area contributed by atoms with Gasteiger partial charge in [-0.1, -0.05) is 32.6 Å². The van der Waals surface area contributed by atoms with E-state index < -0.39 is 30.6 Å². The fraction of sp³-hybridized carbons (Fsp3) is 0.824. The predicted molar refractivity (Wildman–Crippen MR) is 101 cm³/mol. The van der Waals surface area contributed by atoms with Gasteiger partial charge in [0.2, 0.25) is 5.91 Å². The number of carbonyl (C=O) groups excluding carboxylic acids is 3. The van der Waals surface area contributed by atoms with Crippen LogP contribution in [0.2, 0.25) is 0 Å². The standard InChI is InChI=1S/C17H32N2O6S/c1-3-4-5-6-7-8-15(21)25-9-10-26-12-13(18)16(22)19-14(11-20)17(23)24-2/h13-14,20H,3-12,18H2,1-2H3,(H,19,22)/t13-,14+/m1/s1. The predicted octanol–water partition coefficient (Wildman–Crippen LogP) is 0.601. The molecule has 0 aromatic heterocycles. The molecule has 0 aromatic carbocycles. The number of hydrogen-bond donors (Lipinski definition) is 3. The van der Waals surface area contributed by atoms with Gasteiger partial charge in [0.05, 0.1) is 19.8 Å². The summed E-state index contributed by atoms with van der Waals surface area (Å²) in [5.74, 6) is -0.649. The summed E-state index contributed by atoms with van der Waals surface area (Å²) in [4.78, 5) is 34.7. The van der Waals surface area contributed by atoms with Crippen molar-refractivity contribution in [1.82, 2.24) is 5.32 Å². The van der Waals surface area contributed by atoms with Gasteiger partial charge in [0.25, 0.3) is 0 Å². The van der Waals surface area contributed by atoms with Crippen LogP contribution in [0.15, 0.2) is 0 Å². The molecule has 0 rings (SSSR count). The molecular formula is C17H32N2O6S. The second-order valence-corrected chi connectivity index (χ2v) is 6.98. The summed E-state index contributed by atoms with van der Waals surface area (Å²) in [6, 6.07) is -1.96. The SMILES string of the molecule is CCCCCCCC(=O)OCCSC[C@@H](N)C(=O)N[C@@H](CO)C(=O)OC. The number of nitrogens with one attached hydrogen (secondary N) is 1. The van der Waals surface area contributed by atoms with E-state index >= 15 is 0 Å². The van der Waals surface area contributed by atoms with Gasteiger partial charge in [0.1, 0.15) is 6.61 Å². The zero-order valence-electron chi connectivity index (χ0n) is 15.7. The number of aliphatic hydroxyl groups excluding tert-OH is 1.